The van der Waals surface area contributed by atoms with E-state index in [1.165, 1.54) is 0 Å². The zero-order valence-corrected chi connectivity index (χ0v) is 11.9. The molecule has 0 bridgehead atoms. The van der Waals surface area contributed by atoms with Gasteiger partial charge in [-0.05, 0) is 26.7 Å². The van der Waals surface area contributed by atoms with Crippen LogP contribution in [0.1, 0.15) is 44.5 Å². The van der Waals surface area contributed by atoms with Crippen LogP contribution in [0.25, 0.3) is 0 Å². The molecule has 0 aromatic carbocycles. The number of ether oxygens (including phenoxy) is 1. The van der Waals surface area contributed by atoms with Gasteiger partial charge in [0, 0.05) is 13.5 Å². The van der Waals surface area contributed by atoms with E-state index in [2.05, 4.69) is 18.9 Å². The van der Waals surface area contributed by atoms with Gasteiger partial charge in [-0.15, -0.1) is 0 Å². The number of carbonyl (C=O) groups is 1. The molecule has 0 aliphatic heterocycles. The third-order valence-corrected chi connectivity index (χ3v) is 4.51. The maximum absolute atomic E-state index is 11.9. The monoisotopic (exact) mass is 250 g/mol. The van der Waals surface area contributed by atoms with Gasteiger partial charge in [0.2, 0.25) is 0 Å². The Hall–Kier alpha value is -1.32. The average Bonchev–Trinajstić information content (AvgIpc) is 2.56. The van der Waals surface area contributed by atoms with Crippen molar-refractivity contribution in [3.63, 3.8) is 0 Å². The highest BCUT2D eigenvalue weighted by atomic mass is 16.5. The highest BCUT2D eigenvalue weighted by Gasteiger charge is 2.54. The van der Waals surface area contributed by atoms with Crippen LogP contribution >= 0.6 is 0 Å². The first-order valence-corrected chi connectivity index (χ1v) is 6.66. The highest BCUT2D eigenvalue weighted by Crippen LogP contribution is 2.46. The second-order valence-corrected chi connectivity index (χ2v) is 5.22. The lowest BCUT2D eigenvalue weighted by molar-refractivity contribution is -0.153. The summed E-state index contributed by atoms with van der Waals surface area (Å²) in [5, 5.41) is 4.35. The normalized spacial score (nSPS) is 21.8. The molecule has 2 rings (SSSR count). The first-order valence-electron chi connectivity index (χ1n) is 6.66. The molecule has 100 valence electrons. The van der Waals surface area contributed by atoms with Gasteiger partial charge in [0.25, 0.3) is 0 Å². The molecular formula is C14H22N2O2. The smallest absolute Gasteiger partial charge is 0.163 e. The number of hydrogen-bond donors (Lipinski definition) is 0. The van der Waals surface area contributed by atoms with Crippen LogP contribution in [-0.2, 0) is 11.8 Å². The molecule has 0 saturated heterocycles. The van der Waals surface area contributed by atoms with E-state index in [4.69, 9.17) is 4.74 Å². The molecule has 18 heavy (non-hydrogen) atoms. The summed E-state index contributed by atoms with van der Waals surface area (Å²) in [7, 11) is 1.91. The first-order chi connectivity index (χ1) is 8.46. The minimum atomic E-state index is -0.269. The number of aryl methyl sites for hydroxylation is 2. The third kappa shape index (κ3) is 1.66. The summed E-state index contributed by atoms with van der Waals surface area (Å²) in [6, 6.07) is 0. The van der Waals surface area contributed by atoms with E-state index in [1.807, 2.05) is 25.6 Å². The van der Waals surface area contributed by atoms with Crippen molar-refractivity contribution in [2.24, 2.45) is 12.5 Å². The van der Waals surface area contributed by atoms with Crippen LogP contribution in [0.15, 0.2) is 0 Å². The number of nitrogens with zero attached hydrogens (tertiary/aromatic N) is 2. The lowest BCUT2D eigenvalue weighted by Gasteiger charge is -2.46. The molecule has 1 aliphatic rings. The topological polar surface area (TPSA) is 44.1 Å². The Kier molecular flexibility index (Phi) is 3.21. The SMILES string of the molecule is CCC1(CC)C(=O)CC1Oc1c(C)nn(C)c1C. The molecule has 1 unspecified atom stereocenters. The van der Waals surface area contributed by atoms with E-state index >= 15 is 0 Å². The largest absolute Gasteiger partial charge is 0.485 e. The molecule has 1 saturated carbocycles. The molecule has 1 atom stereocenters. The quantitative estimate of drug-likeness (QED) is 0.825. The van der Waals surface area contributed by atoms with Crippen molar-refractivity contribution < 1.29 is 9.53 Å². The number of carbonyl (C=O) groups excluding carboxylic acids is 1. The molecule has 0 radical (unpaired) electrons. The zero-order chi connectivity index (χ0) is 13.5. The summed E-state index contributed by atoms with van der Waals surface area (Å²) in [5.74, 6) is 1.19. The van der Waals surface area contributed by atoms with Crippen molar-refractivity contribution >= 4 is 5.78 Å². The molecule has 1 aromatic heterocycles. The van der Waals surface area contributed by atoms with Crippen molar-refractivity contribution in [2.75, 3.05) is 0 Å². The van der Waals surface area contributed by atoms with Gasteiger partial charge in [0.15, 0.2) is 5.75 Å². The number of ketones is 1. The molecule has 1 aliphatic carbocycles. The second kappa shape index (κ2) is 4.41. The Morgan fingerprint density at radius 1 is 1.39 bits per heavy atom. The summed E-state index contributed by atoms with van der Waals surface area (Å²) in [6.45, 7) is 8.08. The van der Waals surface area contributed by atoms with Gasteiger partial charge in [-0.2, -0.15) is 5.10 Å². The van der Waals surface area contributed by atoms with Crippen molar-refractivity contribution in [3.8, 4) is 5.75 Å². The summed E-state index contributed by atoms with van der Waals surface area (Å²) in [6.07, 6.45) is 2.26. The average molecular weight is 250 g/mol. The van der Waals surface area contributed by atoms with E-state index in [-0.39, 0.29) is 11.5 Å². The van der Waals surface area contributed by atoms with Gasteiger partial charge in [-0.3, -0.25) is 9.48 Å². The predicted molar refractivity (Wildman–Crippen MR) is 69.7 cm³/mol. The van der Waals surface area contributed by atoms with E-state index < -0.39 is 0 Å². The van der Waals surface area contributed by atoms with Crippen LogP contribution in [0.3, 0.4) is 0 Å². The van der Waals surface area contributed by atoms with E-state index in [0.29, 0.717) is 12.2 Å². The maximum Gasteiger partial charge on any atom is 0.163 e. The molecule has 4 nitrogen and oxygen atoms in total. The third-order valence-electron chi connectivity index (χ3n) is 4.51. The van der Waals surface area contributed by atoms with Gasteiger partial charge >= 0.3 is 0 Å². The molecule has 1 heterocycles. The Morgan fingerprint density at radius 3 is 2.39 bits per heavy atom. The summed E-state index contributed by atoms with van der Waals surface area (Å²) >= 11 is 0. The van der Waals surface area contributed by atoms with Crippen molar-refractivity contribution in [3.05, 3.63) is 11.4 Å². The van der Waals surface area contributed by atoms with Crippen molar-refractivity contribution in [1.29, 1.82) is 0 Å². The molecule has 0 N–H and O–H groups in total. The zero-order valence-electron chi connectivity index (χ0n) is 11.9. The minimum Gasteiger partial charge on any atom is -0.485 e. The van der Waals surface area contributed by atoms with Crippen molar-refractivity contribution in [2.45, 2.75) is 53.1 Å². The molecule has 1 aromatic rings. The van der Waals surface area contributed by atoms with Gasteiger partial charge in [-0.25, -0.2) is 0 Å². The van der Waals surface area contributed by atoms with Crippen LogP contribution in [0.4, 0.5) is 0 Å². The molecule has 0 amide bonds. The molecule has 0 spiro atoms. The molecule has 4 heteroatoms. The van der Waals surface area contributed by atoms with Crippen LogP contribution < -0.4 is 4.74 Å². The Morgan fingerprint density at radius 2 is 2.00 bits per heavy atom. The lowest BCUT2D eigenvalue weighted by atomic mass is 9.61. The fourth-order valence-corrected chi connectivity index (χ4v) is 2.94. The number of rotatable bonds is 4. The van der Waals surface area contributed by atoms with Gasteiger partial charge in [0.1, 0.15) is 17.6 Å². The fraction of sp³-hybridized carbons (Fsp3) is 0.714. The van der Waals surface area contributed by atoms with Gasteiger partial charge < -0.3 is 4.74 Å². The fourth-order valence-electron chi connectivity index (χ4n) is 2.94. The molecule has 1 fully saturated rings. The standard InChI is InChI=1S/C14H22N2O2/c1-6-14(7-2)11(17)8-12(14)18-13-9(3)15-16(5)10(13)4/h12H,6-8H2,1-5H3. The Labute approximate surface area is 108 Å². The number of Topliss-reactive ketones (excluding diaryl/α,β-unsaturated/α-hetero) is 1. The predicted octanol–water partition coefficient (Wildman–Crippen LogP) is 2.56. The highest BCUT2D eigenvalue weighted by molar-refractivity contribution is 5.92. The van der Waals surface area contributed by atoms with Crippen LogP contribution in [0.2, 0.25) is 0 Å². The van der Waals surface area contributed by atoms with E-state index in [1.54, 1.807) is 0 Å². The lowest BCUT2D eigenvalue weighted by Crippen LogP contribution is -2.56. The van der Waals surface area contributed by atoms with Crippen LogP contribution in [-0.4, -0.2) is 21.7 Å². The Bertz CT molecular complexity index is 472. The van der Waals surface area contributed by atoms with Crippen LogP contribution in [0, 0.1) is 19.3 Å². The van der Waals surface area contributed by atoms with E-state index in [9.17, 15) is 4.79 Å². The summed E-state index contributed by atoms with van der Waals surface area (Å²) in [5.41, 5.74) is 1.65. The van der Waals surface area contributed by atoms with E-state index in [0.717, 1.165) is 30.0 Å². The van der Waals surface area contributed by atoms with Gasteiger partial charge in [-0.1, -0.05) is 13.8 Å². The maximum atomic E-state index is 11.9. The van der Waals surface area contributed by atoms with Crippen LogP contribution in [0.5, 0.6) is 5.75 Å². The minimum absolute atomic E-state index is 0.0154. The number of hydrogen-bond acceptors (Lipinski definition) is 3. The Balaban J connectivity index is 2.23. The summed E-state index contributed by atoms with van der Waals surface area (Å²) < 4.78 is 7.92. The first kappa shape index (κ1) is 13.1. The second-order valence-electron chi connectivity index (χ2n) is 5.22. The summed E-state index contributed by atoms with van der Waals surface area (Å²) in [4.78, 5) is 11.9. The number of aromatic nitrogens is 2. The van der Waals surface area contributed by atoms with Crippen molar-refractivity contribution in [1.82, 2.24) is 9.78 Å². The van der Waals surface area contributed by atoms with Gasteiger partial charge in [0.05, 0.1) is 11.1 Å². The molecular weight excluding hydrogens is 228 g/mol.